The van der Waals surface area contributed by atoms with E-state index < -0.39 is 7.60 Å². The van der Waals surface area contributed by atoms with Crippen molar-refractivity contribution in [1.29, 1.82) is 0 Å². The highest BCUT2D eigenvalue weighted by molar-refractivity contribution is 7.60. The van der Waals surface area contributed by atoms with Crippen LogP contribution >= 0.6 is 7.60 Å². The van der Waals surface area contributed by atoms with E-state index in [1.54, 1.807) is 18.2 Å². The largest absolute Gasteiger partial charge is 0.377 e. The van der Waals surface area contributed by atoms with E-state index >= 15 is 0 Å². The van der Waals surface area contributed by atoms with Crippen LogP contribution < -0.4 is 10.2 Å². The number of nitrogens with zero attached hydrogens (tertiary/aromatic N) is 1. The molecule has 0 amide bonds. The van der Waals surface area contributed by atoms with Crippen LogP contribution in [0.4, 0.5) is 5.69 Å². The van der Waals surface area contributed by atoms with Gasteiger partial charge < -0.3 is 14.7 Å². The van der Waals surface area contributed by atoms with Crippen LogP contribution in [0.25, 0.3) is 10.8 Å². The number of rotatable bonds is 2. The lowest BCUT2D eigenvalue weighted by molar-refractivity contribution is 0.388. The molecule has 0 unspecified atom stereocenters. The van der Waals surface area contributed by atoms with Crippen LogP contribution in [0, 0.1) is 0 Å². The summed E-state index contributed by atoms with van der Waals surface area (Å²) >= 11 is 0. The van der Waals surface area contributed by atoms with Crippen LogP contribution in [-0.4, -0.2) is 23.9 Å². The topological polar surface area (TPSA) is 60.8 Å². The van der Waals surface area contributed by atoms with E-state index in [9.17, 15) is 14.4 Å². The molecule has 2 N–H and O–H groups in total. The first-order valence-corrected chi connectivity index (χ1v) is 6.77. The number of hydrogen-bond acceptors (Lipinski definition) is 2. The van der Waals surface area contributed by atoms with E-state index in [1.807, 2.05) is 31.1 Å². The molecule has 0 heterocycles. The summed E-state index contributed by atoms with van der Waals surface area (Å²) in [6, 6.07) is 10.5. The third-order valence-corrected chi connectivity index (χ3v) is 3.69. The third-order valence-electron chi connectivity index (χ3n) is 2.67. The van der Waals surface area contributed by atoms with Gasteiger partial charge in [0.05, 0.1) is 5.30 Å². The highest BCUT2D eigenvalue weighted by Gasteiger charge is 2.20. The molecule has 0 aromatic heterocycles. The Morgan fingerprint density at radius 2 is 1.59 bits per heavy atom. The van der Waals surface area contributed by atoms with Gasteiger partial charge in [-0.2, -0.15) is 0 Å². The lowest BCUT2D eigenvalue weighted by atomic mass is 10.1. The monoisotopic (exact) mass is 251 g/mol. The SMILES string of the molecule is CN(C)c1cccc2c(P(=O)(O)O)cccc12. The van der Waals surface area contributed by atoms with Gasteiger partial charge in [0.25, 0.3) is 0 Å². The van der Waals surface area contributed by atoms with Gasteiger partial charge in [0.1, 0.15) is 0 Å². The zero-order valence-electron chi connectivity index (χ0n) is 9.66. The van der Waals surface area contributed by atoms with Crippen molar-refractivity contribution in [2.24, 2.45) is 0 Å². The summed E-state index contributed by atoms with van der Waals surface area (Å²) in [7, 11) is -0.429. The van der Waals surface area contributed by atoms with Gasteiger partial charge in [0.2, 0.25) is 0 Å². The predicted octanol–water partition coefficient (Wildman–Crippen LogP) is 1.71. The lowest BCUT2D eigenvalue weighted by Gasteiger charge is -2.17. The Labute approximate surface area is 99.7 Å². The zero-order chi connectivity index (χ0) is 12.6. The van der Waals surface area contributed by atoms with E-state index in [0.717, 1.165) is 11.1 Å². The van der Waals surface area contributed by atoms with Gasteiger partial charge in [0, 0.05) is 25.2 Å². The van der Waals surface area contributed by atoms with Gasteiger partial charge in [-0.25, -0.2) is 0 Å². The number of benzene rings is 2. The molecule has 0 aliphatic heterocycles. The number of fused-ring (bicyclic) bond motifs is 1. The molecule has 2 rings (SSSR count). The average molecular weight is 251 g/mol. The molecule has 0 spiro atoms. The van der Waals surface area contributed by atoms with E-state index in [0.29, 0.717) is 5.39 Å². The second-order valence-electron chi connectivity index (χ2n) is 4.09. The molecule has 17 heavy (non-hydrogen) atoms. The highest BCUT2D eigenvalue weighted by Crippen LogP contribution is 2.37. The molecule has 0 fully saturated rings. The van der Waals surface area contributed by atoms with Gasteiger partial charge in [-0.15, -0.1) is 0 Å². The molecule has 5 heteroatoms. The molecular weight excluding hydrogens is 237 g/mol. The van der Waals surface area contributed by atoms with Crippen molar-refractivity contribution in [2.45, 2.75) is 0 Å². The van der Waals surface area contributed by atoms with Crippen LogP contribution in [-0.2, 0) is 4.57 Å². The Morgan fingerprint density at radius 1 is 1.00 bits per heavy atom. The van der Waals surface area contributed by atoms with E-state index in [1.165, 1.54) is 6.07 Å². The zero-order valence-corrected chi connectivity index (χ0v) is 10.6. The van der Waals surface area contributed by atoms with Crippen molar-refractivity contribution in [3.8, 4) is 0 Å². The van der Waals surface area contributed by atoms with E-state index in [4.69, 9.17) is 0 Å². The van der Waals surface area contributed by atoms with Crippen LogP contribution in [0.5, 0.6) is 0 Å². The van der Waals surface area contributed by atoms with Crippen molar-refractivity contribution >= 4 is 29.4 Å². The Balaban J connectivity index is 2.84. The predicted molar refractivity (Wildman–Crippen MR) is 70.0 cm³/mol. The molecule has 0 saturated heterocycles. The maximum atomic E-state index is 11.4. The molecule has 2 aromatic carbocycles. The maximum Gasteiger partial charge on any atom is 0.356 e. The van der Waals surface area contributed by atoms with E-state index in [2.05, 4.69) is 0 Å². The first kappa shape index (κ1) is 12.1. The van der Waals surface area contributed by atoms with Crippen molar-refractivity contribution in [3.63, 3.8) is 0 Å². The molecule has 4 nitrogen and oxygen atoms in total. The summed E-state index contributed by atoms with van der Waals surface area (Å²) in [6.07, 6.45) is 0. The molecular formula is C12H14NO3P. The molecule has 0 radical (unpaired) electrons. The van der Waals surface area contributed by atoms with Crippen molar-refractivity contribution in [1.82, 2.24) is 0 Å². The Hall–Kier alpha value is -1.35. The van der Waals surface area contributed by atoms with Crippen molar-refractivity contribution in [3.05, 3.63) is 36.4 Å². The second kappa shape index (κ2) is 4.15. The second-order valence-corrected chi connectivity index (χ2v) is 5.66. The fourth-order valence-electron chi connectivity index (χ4n) is 1.92. The van der Waals surface area contributed by atoms with E-state index in [-0.39, 0.29) is 5.30 Å². The molecule has 0 atom stereocenters. The van der Waals surface area contributed by atoms with Crippen molar-refractivity contribution < 1.29 is 14.4 Å². The van der Waals surface area contributed by atoms with Crippen LogP contribution in [0.1, 0.15) is 0 Å². The fraction of sp³-hybridized carbons (Fsp3) is 0.167. The summed E-state index contributed by atoms with van der Waals surface area (Å²) in [5.41, 5.74) is 0.942. The maximum absolute atomic E-state index is 11.4. The summed E-state index contributed by atoms with van der Waals surface area (Å²) in [4.78, 5) is 20.6. The smallest absolute Gasteiger partial charge is 0.356 e. The first-order valence-electron chi connectivity index (χ1n) is 5.16. The third kappa shape index (κ3) is 2.20. The lowest BCUT2D eigenvalue weighted by Crippen LogP contribution is -2.11. The first-order chi connectivity index (χ1) is 7.91. The number of hydrogen-bond donors (Lipinski definition) is 2. The summed E-state index contributed by atoms with van der Waals surface area (Å²) in [6.45, 7) is 0. The number of anilines is 1. The minimum Gasteiger partial charge on any atom is -0.377 e. The summed E-state index contributed by atoms with van der Waals surface area (Å²) in [5, 5.41) is 1.53. The van der Waals surface area contributed by atoms with Gasteiger partial charge in [-0.1, -0.05) is 24.3 Å². The molecule has 0 aliphatic carbocycles. The molecule has 0 aliphatic rings. The minimum atomic E-state index is -4.23. The Morgan fingerprint density at radius 3 is 2.18 bits per heavy atom. The van der Waals surface area contributed by atoms with Crippen molar-refractivity contribution in [2.75, 3.05) is 19.0 Å². The molecule has 2 aromatic rings. The van der Waals surface area contributed by atoms with Crippen LogP contribution in [0.3, 0.4) is 0 Å². The van der Waals surface area contributed by atoms with Crippen LogP contribution in [0.2, 0.25) is 0 Å². The Kier molecular flexibility index (Phi) is 2.96. The minimum absolute atomic E-state index is 0.0821. The summed E-state index contributed by atoms with van der Waals surface area (Å²) in [5.74, 6) is 0. The Bertz CT molecular complexity index is 604. The molecule has 0 saturated carbocycles. The van der Waals surface area contributed by atoms with Crippen LogP contribution in [0.15, 0.2) is 36.4 Å². The fourth-order valence-corrected chi connectivity index (χ4v) is 2.71. The van der Waals surface area contributed by atoms with Gasteiger partial charge in [-0.3, -0.25) is 4.57 Å². The highest BCUT2D eigenvalue weighted by atomic mass is 31.2. The van der Waals surface area contributed by atoms with Gasteiger partial charge in [-0.05, 0) is 17.5 Å². The standard InChI is InChI=1S/C12H14NO3P/c1-13(2)11-7-3-6-10-9(11)5-4-8-12(10)17(14,15)16/h3-8H,1-2H3,(H2,14,15,16). The molecule has 90 valence electrons. The summed E-state index contributed by atoms with van der Waals surface area (Å²) < 4.78 is 11.4. The molecule has 0 bridgehead atoms. The van der Waals surface area contributed by atoms with Gasteiger partial charge >= 0.3 is 7.60 Å². The normalized spacial score (nSPS) is 11.8. The average Bonchev–Trinajstić information content (AvgIpc) is 2.26. The van der Waals surface area contributed by atoms with Gasteiger partial charge in [0.15, 0.2) is 0 Å². The quantitative estimate of drug-likeness (QED) is 0.798.